The summed E-state index contributed by atoms with van der Waals surface area (Å²) in [5.41, 5.74) is 0. The topological polar surface area (TPSA) is 12.0 Å². The second-order valence-corrected chi connectivity index (χ2v) is 2.32. The van der Waals surface area contributed by atoms with Crippen molar-refractivity contribution in [1.82, 2.24) is 5.32 Å². The van der Waals surface area contributed by atoms with Gasteiger partial charge in [0, 0.05) is 0 Å². The van der Waals surface area contributed by atoms with Crippen molar-refractivity contribution < 1.29 is 0 Å². The molecule has 1 nitrogen and oxygen atoms in total. The maximum absolute atomic E-state index is 3.37. The molecule has 0 bridgehead atoms. The molecule has 1 N–H and O–H groups in total. The maximum Gasteiger partial charge on any atom is 0.109 e. The summed E-state index contributed by atoms with van der Waals surface area (Å²) < 4.78 is 0. The molecule has 8 heavy (non-hydrogen) atoms. The summed E-state index contributed by atoms with van der Waals surface area (Å²) in [6, 6.07) is 0. The molecule has 1 fully saturated rings. The Bertz CT molecular complexity index is 32.5. The SMILES string of the molecule is [B]1CCCNCCC1. The van der Waals surface area contributed by atoms with Gasteiger partial charge < -0.3 is 5.32 Å². The number of hydrogen-bond donors (Lipinski definition) is 1. The zero-order valence-electron chi connectivity index (χ0n) is 5.32. The van der Waals surface area contributed by atoms with E-state index in [1.807, 2.05) is 0 Å². The standard InChI is InChI=1S/C6H13BN/c1-3-7-4-2-6-8-5-1/h8H,1-6H2. The molecule has 1 rings (SSSR count). The highest BCUT2D eigenvalue weighted by atomic mass is 14.8. The molecule has 1 radical (unpaired) electrons. The molecular formula is C6H13BN. The molecule has 45 valence electrons. The lowest BCUT2D eigenvalue weighted by atomic mass is 9.68. The largest absolute Gasteiger partial charge is 0.317 e. The van der Waals surface area contributed by atoms with Crippen molar-refractivity contribution in [3.63, 3.8) is 0 Å². The molecule has 0 atom stereocenters. The zero-order valence-corrected chi connectivity index (χ0v) is 5.32. The van der Waals surface area contributed by atoms with E-state index in [2.05, 4.69) is 12.6 Å². The van der Waals surface area contributed by atoms with Crippen LogP contribution >= 0.6 is 0 Å². The minimum Gasteiger partial charge on any atom is -0.317 e. The first kappa shape index (κ1) is 6.15. The quantitative estimate of drug-likeness (QED) is 0.457. The van der Waals surface area contributed by atoms with E-state index in [0.717, 1.165) is 0 Å². The Hall–Kier alpha value is 0.0249. The van der Waals surface area contributed by atoms with Crippen LogP contribution in [0.4, 0.5) is 0 Å². The predicted molar refractivity (Wildman–Crippen MR) is 37.5 cm³/mol. The van der Waals surface area contributed by atoms with Gasteiger partial charge in [0.05, 0.1) is 0 Å². The van der Waals surface area contributed by atoms with E-state index in [0.29, 0.717) is 0 Å². The van der Waals surface area contributed by atoms with E-state index < -0.39 is 0 Å². The Morgan fingerprint density at radius 1 is 1.00 bits per heavy atom. The molecule has 0 aliphatic carbocycles. The third-order valence-electron chi connectivity index (χ3n) is 1.52. The first-order valence-corrected chi connectivity index (χ1v) is 3.52. The van der Waals surface area contributed by atoms with E-state index in [1.54, 1.807) is 0 Å². The summed E-state index contributed by atoms with van der Waals surface area (Å²) in [5.74, 6) is 0. The Kier molecular flexibility index (Phi) is 3.04. The molecule has 0 unspecified atom stereocenters. The molecule has 0 amide bonds. The first-order valence-electron chi connectivity index (χ1n) is 3.52. The monoisotopic (exact) mass is 110 g/mol. The highest BCUT2D eigenvalue weighted by Gasteiger charge is 1.95. The van der Waals surface area contributed by atoms with Crippen molar-refractivity contribution in [2.24, 2.45) is 0 Å². The lowest BCUT2D eigenvalue weighted by Crippen LogP contribution is -2.19. The fourth-order valence-electron chi connectivity index (χ4n) is 1.01. The van der Waals surface area contributed by atoms with Crippen molar-refractivity contribution in [1.29, 1.82) is 0 Å². The number of nitrogens with one attached hydrogen (secondary N) is 1. The van der Waals surface area contributed by atoms with Crippen LogP contribution in [0.3, 0.4) is 0 Å². The number of hydrogen-bond acceptors (Lipinski definition) is 1. The summed E-state index contributed by atoms with van der Waals surface area (Å²) in [6.45, 7) is 2.44. The summed E-state index contributed by atoms with van der Waals surface area (Å²) in [6.07, 6.45) is 5.29. The lowest BCUT2D eigenvalue weighted by Gasteiger charge is -2.07. The summed E-state index contributed by atoms with van der Waals surface area (Å²) in [4.78, 5) is 0. The van der Waals surface area contributed by atoms with Gasteiger partial charge in [0.15, 0.2) is 0 Å². The van der Waals surface area contributed by atoms with Gasteiger partial charge in [-0.1, -0.05) is 12.6 Å². The van der Waals surface area contributed by atoms with Gasteiger partial charge in [-0.2, -0.15) is 0 Å². The van der Waals surface area contributed by atoms with Crippen LogP contribution in [0.25, 0.3) is 0 Å². The zero-order chi connectivity index (χ0) is 5.66. The van der Waals surface area contributed by atoms with E-state index in [-0.39, 0.29) is 0 Å². The van der Waals surface area contributed by atoms with Gasteiger partial charge in [-0.15, -0.1) is 0 Å². The Labute approximate surface area is 52.1 Å². The van der Waals surface area contributed by atoms with Crippen LogP contribution in [0.1, 0.15) is 12.8 Å². The van der Waals surface area contributed by atoms with Gasteiger partial charge in [0.25, 0.3) is 0 Å². The van der Waals surface area contributed by atoms with Crippen LogP contribution in [-0.2, 0) is 0 Å². The van der Waals surface area contributed by atoms with E-state index in [1.165, 1.54) is 38.6 Å². The molecule has 1 saturated heterocycles. The van der Waals surface area contributed by atoms with Crippen molar-refractivity contribution in [2.45, 2.75) is 25.5 Å². The van der Waals surface area contributed by atoms with E-state index in [4.69, 9.17) is 0 Å². The van der Waals surface area contributed by atoms with Crippen molar-refractivity contribution in [3.05, 3.63) is 0 Å². The molecule has 0 spiro atoms. The molecule has 0 aromatic heterocycles. The van der Waals surface area contributed by atoms with Crippen LogP contribution < -0.4 is 5.32 Å². The normalized spacial score (nSPS) is 23.0. The van der Waals surface area contributed by atoms with Gasteiger partial charge in [-0.3, -0.25) is 0 Å². The fraction of sp³-hybridized carbons (Fsp3) is 1.00. The molecule has 2 heteroatoms. The van der Waals surface area contributed by atoms with Gasteiger partial charge in [0.1, 0.15) is 7.28 Å². The Morgan fingerprint density at radius 3 is 2.25 bits per heavy atom. The highest BCUT2D eigenvalue weighted by Crippen LogP contribution is 1.97. The average molecular weight is 110 g/mol. The van der Waals surface area contributed by atoms with Crippen LogP contribution in [0.15, 0.2) is 0 Å². The van der Waals surface area contributed by atoms with Gasteiger partial charge in [-0.05, 0) is 25.9 Å². The minimum atomic E-state index is 1.22. The Balaban J connectivity index is 2.00. The summed E-state index contributed by atoms with van der Waals surface area (Å²) in [7, 11) is 2.40. The van der Waals surface area contributed by atoms with Crippen molar-refractivity contribution >= 4 is 7.28 Å². The van der Waals surface area contributed by atoms with Crippen LogP contribution in [0, 0.1) is 0 Å². The van der Waals surface area contributed by atoms with Gasteiger partial charge in [-0.25, -0.2) is 0 Å². The predicted octanol–water partition coefficient (Wildman–Crippen LogP) is 0.911. The molecule has 0 aromatic rings. The first-order chi connectivity index (χ1) is 4.00. The molecule has 0 aromatic carbocycles. The van der Waals surface area contributed by atoms with Crippen LogP contribution in [0.2, 0.25) is 12.6 Å². The summed E-state index contributed by atoms with van der Waals surface area (Å²) >= 11 is 0. The summed E-state index contributed by atoms with van der Waals surface area (Å²) in [5, 5.41) is 3.37. The average Bonchev–Trinajstić information content (AvgIpc) is 1.62. The maximum atomic E-state index is 3.37. The third-order valence-corrected chi connectivity index (χ3v) is 1.52. The van der Waals surface area contributed by atoms with E-state index in [9.17, 15) is 0 Å². The molecular weight excluding hydrogens is 96.9 g/mol. The fourth-order valence-corrected chi connectivity index (χ4v) is 1.01. The van der Waals surface area contributed by atoms with Gasteiger partial charge >= 0.3 is 0 Å². The second-order valence-electron chi connectivity index (χ2n) is 2.32. The van der Waals surface area contributed by atoms with Crippen LogP contribution in [0.5, 0.6) is 0 Å². The van der Waals surface area contributed by atoms with Crippen molar-refractivity contribution in [3.8, 4) is 0 Å². The molecule has 1 heterocycles. The molecule has 1 aliphatic heterocycles. The Morgan fingerprint density at radius 2 is 1.62 bits per heavy atom. The van der Waals surface area contributed by atoms with Crippen LogP contribution in [-0.4, -0.2) is 20.4 Å². The minimum absolute atomic E-state index is 1.22. The highest BCUT2D eigenvalue weighted by molar-refractivity contribution is 6.35. The third kappa shape index (κ3) is 2.36. The van der Waals surface area contributed by atoms with E-state index >= 15 is 0 Å². The molecule has 1 aliphatic rings. The lowest BCUT2D eigenvalue weighted by molar-refractivity contribution is 0.647. The second kappa shape index (κ2) is 3.96. The van der Waals surface area contributed by atoms with Gasteiger partial charge in [0.2, 0.25) is 0 Å². The number of rotatable bonds is 0. The smallest absolute Gasteiger partial charge is 0.109 e. The van der Waals surface area contributed by atoms with Crippen molar-refractivity contribution in [2.75, 3.05) is 13.1 Å². The molecule has 0 saturated carbocycles.